The van der Waals surface area contributed by atoms with E-state index in [1.807, 2.05) is 30.3 Å². The zero-order valence-corrected chi connectivity index (χ0v) is 12.3. The Morgan fingerprint density at radius 3 is 2.76 bits per heavy atom. The summed E-state index contributed by atoms with van der Waals surface area (Å²) in [7, 11) is 0. The molecule has 2 aromatic rings. The van der Waals surface area contributed by atoms with Gasteiger partial charge in [0.2, 0.25) is 0 Å². The van der Waals surface area contributed by atoms with Gasteiger partial charge in [-0.25, -0.2) is 14.6 Å². The van der Waals surface area contributed by atoms with Crippen molar-refractivity contribution in [3.63, 3.8) is 0 Å². The highest BCUT2D eigenvalue weighted by molar-refractivity contribution is 7.14. The first-order chi connectivity index (χ1) is 10.2. The molecule has 1 heterocycles. The fourth-order valence-corrected chi connectivity index (χ4v) is 2.22. The smallest absolute Gasteiger partial charge is 0.357 e. The second-order valence-corrected chi connectivity index (χ2v) is 4.91. The first kappa shape index (κ1) is 15.0. The Hall–Kier alpha value is -2.41. The van der Waals surface area contributed by atoms with Crippen LogP contribution in [0, 0.1) is 0 Å². The van der Waals surface area contributed by atoms with Crippen LogP contribution in [0.5, 0.6) is 0 Å². The third-order valence-electron chi connectivity index (χ3n) is 2.51. The molecule has 0 atom stereocenters. The van der Waals surface area contributed by atoms with Crippen molar-refractivity contribution in [3.8, 4) is 0 Å². The monoisotopic (exact) mass is 305 g/mol. The normalized spacial score (nSPS) is 9.95. The van der Waals surface area contributed by atoms with Gasteiger partial charge in [-0.3, -0.25) is 5.32 Å². The number of esters is 1. The van der Waals surface area contributed by atoms with Crippen molar-refractivity contribution in [1.82, 2.24) is 10.3 Å². The molecule has 2 N–H and O–H groups in total. The van der Waals surface area contributed by atoms with E-state index in [1.54, 1.807) is 12.3 Å². The summed E-state index contributed by atoms with van der Waals surface area (Å²) in [5.74, 6) is -0.494. The van der Waals surface area contributed by atoms with Crippen molar-refractivity contribution in [2.45, 2.75) is 13.5 Å². The summed E-state index contributed by atoms with van der Waals surface area (Å²) in [6, 6.07) is 9.19. The SMILES string of the molecule is CCOC(=O)c1csc(NC(=O)NCc2ccccc2)n1. The van der Waals surface area contributed by atoms with Crippen molar-refractivity contribution in [2.24, 2.45) is 0 Å². The van der Waals surface area contributed by atoms with E-state index in [2.05, 4.69) is 15.6 Å². The van der Waals surface area contributed by atoms with Crippen LogP contribution >= 0.6 is 11.3 Å². The van der Waals surface area contributed by atoms with E-state index in [-0.39, 0.29) is 18.3 Å². The molecule has 1 aromatic heterocycles. The Bertz CT molecular complexity index is 613. The molecule has 0 radical (unpaired) electrons. The van der Waals surface area contributed by atoms with Crippen LogP contribution in [0.2, 0.25) is 0 Å². The van der Waals surface area contributed by atoms with E-state index in [0.717, 1.165) is 5.56 Å². The third-order valence-corrected chi connectivity index (χ3v) is 3.26. The molecule has 2 amide bonds. The zero-order valence-electron chi connectivity index (χ0n) is 11.5. The van der Waals surface area contributed by atoms with Crippen LogP contribution in [-0.4, -0.2) is 23.6 Å². The van der Waals surface area contributed by atoms with Crippen molar-refractivity contribution in [1.29, 1.82) is 0 Å². The second kappa shape index (κ2) is 7.39. The van der Waals surface area contributed by atoms with Gasteiger partial charge in [-0.15, -0.1) is 11.3 Å². The number of carbonyl (C=O) groups excluding carboxylic acids is 2. The molecule has 21 heavy (non-hydrogen) atoms. The van der Waals surface area contributed by atoms with Gasteiger partial charge < -0.3 is 10.1 Å². The average molecular weight is 305 g/mol. The Kier molecular flexibility index (Phi) is 5.28. The fraction of sp³-hybridized carbons (Fsp3) is 0.214. The van der Waals surface area contributed by atoms with Crippen molar-refractivity contribution >= 4 is 28.5 Å². The number of rotatable bonds is 5. The van der Waals surface area contributed by atoms with E-state index < -0.39 is 5.97 Å². The largest absolute Gasteiger partial charge is 0.461 e. The number of carbonyl (C=O) groups is 2. The molecule has 0 saturated heterocycles. The first-order valence-electron chi connectivity index (χ1n) is 6.40. The highest BCUT2D eigenvalue weighted by atomic mass is 32.1. The van der Waals surface area contributed by atoms with Gasteiger partial charge in [-0.2, -0.15) is 0 Å². The van der Waals surface area contributed by atoms with Crippen LogP contribution in [-0.2, 0) is 11.3 Å². The number of anilines is 1. The standard InChI is InChI=1S/C14H15N3O3S/c1-2-20-12(18)11-9-21-14(16-11)17-13(19)15-8-10-6-4-3-5-7-10/h3-7,9H,2,8H2,1H3,(H2,15,16,17,19). The van der Waals surface area contributed by atoms with Crippen LogP contribution in [0.4, 0.5) is 9.93 Å². The van der Waals surface area contributed by atoms with E-state index in [4.69, 9.17) is 4.74 Å². The summed E-state index contributed by atoms with van der Waals surface area (Å²) in [6.45, 7) is 2.43. The molecular weight excluding hydrogens is 290 g/mol. The summed E-state index contributed by atoms with van der Waals surface area (Å²) >= 11 is 1.17. The van der Waals surface area contributed by atoms with Crippen LogP contribution in [0.25, 0.3) is 0 Å². The summed E-state index contributed by atoms with van der Waals surface area (Å²) in [5.41, 5.74) is 1.19. The van der Waals surface area contributed by atoms with Gasteiger partial charge >= 0.3 is 12.0 Å². The minimum Gasteiger partial charge on any atom is -0.461 e. The maximum Gasteiger partial charge on any atom is 0.357 e. The molecule has 0 aliphatic rings. The molecule has 0 saturated carbocycles. The number of benzene rings is 1. The van der Waals surface area contributed by atoms with Gasteiger partial charge in [0, 0.05) is 11.9 Å². The number of urea groups is 1. The van der Waals surface area contributed by atoms with Crippen LogP contribution < -0.4 is 10.6 Å². The molecule has 110 valence electrons. The molecule has 6 nitrogen and oxygen atoms in total. The molecule has 0 bridgehead atoms. The number of nitrogens with one attached hydrogen (secondary N) is 2. The summed E-state index contributed by atoms with van der Waals surface area (Å²) in [5, 5.41) is 7.19. The lowest BCUT2D eigenvalue weighted by atomic mass is 10.2. The number of hydrogen-bond donors (Lipinski definition) is 2. The highest BCUT2D eigenvalue weighted by Crippen LogP contribution is 2.15. The van der Waals surface area contributed by atoms with Gasteiger partial charge in [0.15, 0.2) is 10.8 Å². The minimum absolute atomic E-state index is 0.195. The van der Waals surface area contributed by atoms with Crippen LogP contribution in [0.15, 0.2) is 35.7 Å². The quantitative estimate of drug-likeness (QED) is 0.832. The third kappa shape index (κ3) is 4.57. The van der Waals surface area contributed by atoms with Gasteiger partial charge in [0.1, 0.15) is 0 Å². The van der Waals surface area contributed by atoms with E-state index in [1.165, 1.54) is 11.3 Å². The maximum absolute atomic E-state index is 11.7. The molecule has 0 aliphatic carbocycles. The van der Waals surface area contributed by atoms with Gasteiger partial charge in [-0.1, -0.05) is 30.3 Å². The number of nitrogens with zero attached hydrogens (tertiary/aromatic N) is 1. The van der Waals surface area contributed by atoms with Gasteiger partial charge in [0.05, 0.1) is 6.61 Å². The predicted molar refractivity (Wildman–Crippen MR) is 80.4 cm³/mol. The topological polar surface area (TPSA) is 80.3 Å². The summed E-state index contributed by atoms with van der Waals surface area (Å²) < 4.78 is 4.83. The number of amides is 2. The Morgan fingerprint density at radius 1 is 1.29 bits per heavy atom. The molecule has 0 aliphatic heterocycles. The number of ether oxygens (including phenoxy) is 1. The highest BCUT2D eigenvalue weighted by Gasteiger charge is 2.12. The first-order valence-corrected chi connectivity index (χ1v) is 7.28. The lowest BCUT2D eigenvalue weighted by molar-refractivity contribution is 0.0520. The summed E-state index contributed by atoms with van der Waals surface area (Å²) in [4.78, 5) is 27.2. The Balaban J connectivity index is 1.84. The van der Waals surface area contributed by atoms with Gasteiger partial charge in [-0.05, 0) is 12.5 Å². The molecule has 0 fully saturated rings. The fourth-order valence-electron chi connectivity index (χ4n) is 1.55. The lowest BCUT2D eigenvalue weighted by Crippen LogP contribution is -2.28. The molecule has 7 heteroatoms. The van der Waals surface area contributed by atoms with Crippen LogP contribution in [0.1, 0.15) is 23.0 Å². The molecule has 1 aromatic carbocycles. The number of aromatic nitrogens is 1. The zero-order chi connectivity index (χ0) is 15.1. The second-order valence-electron chi connectivity index (χ2n) is 4.05. The van der Waals surface area contributed by atoms with Crippen molar-refractivity contribution < 1.29 is 14.3 Å². The molecule has 0 unspecified atom stereocenters. The Morgan fingerprint density at radius 2 is 2.05 bits per heavy atom. The lowest BCUT2D eigenvalue weighted by Gasteiger charge is -2.05. The molecule has 2 rings (SSSR count). The minimum atomic E-state index is -0.494. The van der Waals surface area contributed by atoms with E-state index >= 15 is 0 Å². The van der Waals surface area contributed by atoms with Crippen molar-refractivity contribution in [3.05, 3.63) is 47.0 Å². The average Bonchev–Trinajstić information content (AvgIpc) is 2.95. The van der Waals surface area contributed by atoms with E-state index in [9.17, 15) is 9.59 Å². The molecular formula is C14H15N3O3S. The van der Waals surface area contributed by atoms with E-state index in [0.29, 0.717) is 11.7 Å². The number of thiazole rings is 1. The molecule has 0 spiro atoms. The number of hydrogen-bond acceptors (Lipinski definition) is 5. The maximum atomic E-state index is 11.7. The predicted octanol–water partition coefficient (Wildman–Crippen LogP) is 2.64. The van der Waals surface area contributed by atoms with Gasteiger partial charge in [0.25, 0.3) is 0 Å². The summed E-state index contributed by atoms with van der Waals surface area (Å²) in [6.07, 6.45) is 0. The van der Waals surface area contributed by atoms with Crippen LogP contribution in [0.3, 0.4) is 0 Å². The van der Waals surface area contributed by atoms with Crippen molar-refractivity contribution in [2.75, 3.05) is 11.9 Å². The Labute approximate surface area is 126 Å².